The Labute approximate surface area is 95.3 Å². The van der Waals surface area contributed by atoms with Crippen LogP contribution < -0.4 is 0 Å². The van der Waals surface area contributed by atoms with Gasteiger partial charge in [-0.25, -0.2) is 4.39 Å². The molecule has 3 heteroatoms. The molecule has 0 aliphatic carbocycles. The topological polar surface area (TPSA) is 20.2 Å². The van der Waals surface area contributed by atoms with Gasteiger partial charge >= 0.3 is 0 Å². The maximum absolute atomic E-state index is 12.7. The monoisotopic (exact) mass is 266 g/mol. The second-order valence-electron chi connectivity index (χ2n) is 3.17. The van der Waals surface area contributed by atoms with Crippen LogP contribution in [-0.2, 0) is 0 Å². The van der Waals surface area contributed by atoms with Gasteiger partial charge in [-0.1, -0.05) is 18.2 Å². The number of halogens is 2. The normalized spacial score (nSPS) is 10.3. The van der Waals surface area contributed by atoms with Crippen molar-refractivity contribution in [1.82, 2.24) is 0 Å². The highest BCUT2D eigenvalue weighted by atomic mass is 79.9. The second-order valence-corrected chi connectivity index (χ2v) is 4.03. The summed E-state index contributed by atoms with van der Waals surface area (Å²) in [5, 5.41) is 9.50. The molecule has 76 valence electrons. The quantitative estimate of drug-likeness (QED) is 0.829. The lowest BCUT2D eigenvalue weighted by molar-refractivity contribution is 0.472. The molecule has 2 aromatic carbocycles. The maximum Gasteiger partial charge on any atom is 0.130 e. The smallest absolute Gasteiger partial charge is 0.130 e. The van der Waals surface area contributed by atoms with Crippen molar-refractivity contribution >= 4 is 15.9 Å². The van der Waals surface area contributed by atoms with Crippen molar-refractivity contribution in [2.75, 3.05) is 0 Å². The fraction of sp³-hybridized carbons (Fsp3) is 0. The van der Waals surface area contributed by atoms with E-state index in [9.17, 15) is 9.50 Å². The zero-order valence-corrected chi connectivity index (χ0v) is 9.33. The summed E-state index contributed by atoms with van der Waals surface area (Å²) in [6.07, 6.45) is 0. The Balaban J connectivity index is 2.45. The van der Waals surface area contributed by atoms with Gasteiger partial charge in [-0.15, -0.1) is 0 Å². The number of phenols is 1. The molecule has 0 spiro atoms. The molecule has 0 bridgehead atoms. The Hall–Kier alpha value is -1.35. The number of rotatable bonds is 1. The summed E-state index contributed by atoms with van der Waals surface area (Å²) >= 11 is 3.20. The van der Waals surface area contributed by atoms with Crippen LogP contribution in [0, 0.1) is 5.82 Å². The van der Waals surface area contributed by atoms with Gasteiger partial charge in [0.1, 0.15) is 11.6 Å². The fourth-order valence-corrected chi connectivity index (χ4v) is 1.58. The van der Waals surface area contributed by atoms with Crippen LogP contribution in [0.15, 0.2) is 46.9 Å². The van der Waals surface area contributed by atoms with E-state index in [0.717, 1.165) is 11.1 Å². The van der Waals surface area contributed by atoms with Gasteiger partial charge in [-0.2, -0.15) is 0 Å². The first-order valence-electron chi connectivity index (χ1n) is 4.41. The number of aromatic hydroxyl groups is 1. The van der Waals surface area contributed by atoms with Gasteiger partial charge in [0.2, 0.25) is 0 Å². The molecule has 0 amide bonds. The molecule has 0 radical (unpaired) electrons. The zero-order chi connectivity index (χ0) is 10.8. The van der Waals surface area contributed by atoms with Gasteiger partial charge < -0.3 is 5.11 Å². The predicted octanol–water partition coefficient (Wildman–Crippen LogP) is 3.96. The molecule has 1 nitrogen and oxygen atoms in total. The average Bonchev–Trinajstić information content (AvgIpc) is 2.23. The molecule has 0 saturated carbocycles. The molecular formula is C12H8BrFO. The summed E-state index contributed by atoms with van der Waals surface area (Å²) in [4.78, 5) is 0. The van der Waals surface area contributed by atoms with E-state index in [1.807, 2.05) is 6.07 Å². The Morgan fingerprint density at radius 2 is 1.53 bits per heavy atom. The van der Waals surface area contributed by atoms with E-state index in [4.69, 9.17) is 0 Å². The minimum atomic E-state index is -0.264. The minimum Gasteiger partial charge on any atom is -0.507 e. The van der Waals surface area contributed by atoms with Crippen molar-refractivity contribution in [3.63, 3.8) is 0 Å². The van der Waals surface area contributed by atoms with Crippen LogP contribution >= 0.6 is 15.9 Å². The molecule has 2 rings (SSSR count). The average molecular weight is 267 g/mol. The van der Waals surface area contributed by atoms with Crippen molar-refractivity contribution in [3.8, 4) is 16.9 Å². The lowest BCUT2D eigenvalue weighted by atomic mass is 10.1. The summed E-state index contributed by atoms with van der Waals surface area (Å²) in [6, 6.07) is 11.4. The highest BCUT2D eigenvalue weighted by Gasteiger charge is 2.02. The van der Waals surface area contributed by atoms with Gasteiger partial charge in [0.25, 0.3) is 0 Å². The fourth-order valence-electron chi connectivity index (χ4n) is 1.33. The number of phenolic OH excluding ortho intramolecular Hbond substituents is 1. The van der Waals surface area contributed by atoms with Crippen LogP contribution in [0.5, 0.6) is 5.75 Å². The minimum absolute atomic E-state index is 0.178. The Morgan fingerprint density at radius 1 is 0.933 bits per heavy atom. The van der Waals surface area contributed by atoms with E-state index < -0.39 is 0 Å². The van der Waals surface area contributed by atoms with Crippen molar-refractivity contribution in [2.45, 2.75) is 0 Å². The third-order valence-corrected chi connectivity index (χ3v) is 2.79. The van der Waals surface area contributed by atoms with Crippen molar-refractivity contribution in [1.29, 1.82) is 0 Å². The first-order valence-corrected chi connectivity index (χ1v) is 5.20. The Morgan fingerprint density at radius 3 is 2.13 bits per heavy atom. The van der Waals surface area contributed by atoms with Gasteiger partial charge in [0, 0.05) is 0 Å². The van der Waals surface area contributed by atoms with Gasteiger partial charge in [0.05, 0.1) is 4.47 Å². The Bertz CT molecular complexity index is 479. The molecular weight excluding hydrogens is 259 g/mol. The van der Waals surface area contributed by atoms with Crippen molar-refractivity contribution in [2.24, 2.45) is 0 Å². The maximum atomic E-state index is 12.7. The van der Waals surface area contributed by atoms with Crippen LogP contribution in [0.2, 0.25) is 0 Å². The van der Waals surface area contributed by atoms with E-state index in [1.165, 1.54) is 12.1 Å². The first kappa shape index (κ1) is 10.2. The predicted molar refractivity (Wildman–Crippen MR) is 61.2 cm³/mol. The molecule has 0 heterocycles. The van der Waals surface area contributed by atoms with Crippen LogP contribution in [0.4, 0.5) is 4.39 Å². The summed E-state index contributed by atoms with van der Waals surface area (Å²) in [7, 11) is 0. The third-order valence-electron chi connectivity index (χ3n) is 2.12. The first-order chi connectivity index (χ1) is 7.16. The van der Waals surface area contributed by atoms with Crippen molar-refractivity contribution in [3.05, 3.63) is 52.8 Å². The molecule has 0 fully saturated rings. The molecule has 0 aromatic heterocycles. The van der Waals surface area contributed by atoms with Crippen LogP contribution in [-0.4, -0.2) is 5.11 Å². The van der Waals surface area contributed by atoms with E-state index in [-0.39, 0.29) is 11.6 Å². The summed E-state index contributed by atoms with van der Waals surface area (Å²) in [5.41, 5.74) is 1.73. The SMILES string of the molecule is Oc1cc(-c2ccc(F)cc2)ccc1Br. The van der Waals surface area contributed by atoms with Gasteiger partial charge in [-0.05, 0) is 51.3 Å². The van der Waals surface area contributed by atoms with Crippen LogP contribution in [0.1, 0.15) is 0 Å². The van der Waals surface area contributed by atoms with Crippen LogP contribution in [0.25, 0.3) is 11.1 Å². The van der Waals surface area contributed by atoms with Gasteiger partial charge in [0.15, 0.2) is 0 Å². The zero-order valence-electron chi connectivity index (χ0n) is 7.74. The highest BCUT2D eigenvalue weighted by molar-refractivity contribution is 9.10. The Kier molecular flexibility index (Phi) is 2.73. The molecule has 1 N–H and O–H groups in total. The summed E-state index contributed by atoms with van der Waals surface area (Å²) in [6.45, 7) is 0. The molecule has 0 aliphatic rings. The standard InChI is InChI=1S/C12H8BrFO/c13-11-6-3-9(7-12(11)15)8-1-4-10(14)5-2-8/h1-7,15H. The third kappa shape index (κ3) is 2.18. The van der Waals surface area contributed by atoms with E-state index >= 15 is 0 Å². The summed E-state index contributed by atoms with van der Waals surface area (Å²) < 4.78 is 13.3. The molecule has 15 heavy (non-hydrogen) atoms. The van der Waals surface area contributed by atoms with E-state index in [0.29, 0.717) is 4.47 Å². The van der Waals surface area contributed by atoms with Gasteiger partial charge in [-0.3, -0.25) is 0 Å². The number of hydrogen-bond donors (Lipinski definition) is 1. The number of hydrogen-bond acceptors (Lipinski definition) is 1. The molecule has 0 atom stereocenters. The molecule has 0 saturated heterocycles. The molecule has 0 unspecified atom stereocenters. The molecule has 2 aromatic rings. The van der Waals surface area contributed by atoms with E-state index in [2.05, 4.69) is 15.9 Å². The molecule has 0 aliphatic heterocycles. The lowest BCUT2D eigenvalue weighted by Gasteiger charge is -2.03. The summed E-state index contributed by atoms with van der Waals surface area (Å²) in [5.74, 6) is -0.0862. The largest absolute Gasteiger partial charge is 0.507 e. The number of benzene rings is 2. The van der Waals surface area contributed by atoms with E-state index in [1.54, 1.807) is 24.3 Å². The van der Waals surface area contributed by atoms with Crippen molar-refractivity contribution < 1.29 is 9.50 Å². The second kappa shape index (κ2) is 4.03. The van der Waals surface area contributed by atoms with Crippen LogP contribution in [0.3, 0.4) is 0 Å². The highest BCUT2D eigenvalue weighted by Crippen LogP contribution is 2.29. The lowest BCUT2D eigenvalue weighted by Crippen LogP contribution is -1.79.